The number of anilines is 2. The van der Waals surface area contributed by atoms with Gasteiger partial charge in [-0.25, -0.2) is 0 Å². The van der Waals surface area contributed by atoms with Crippen molar-refractivity contribution < 1.29 is 4.79 Å². The largest absolute Gasteiger partial charge is 0.396 e. The smallest absolute Gasteiger partial charge is 0.263 e. The van der Waals surface area contributed by atoms with E-state index in [9.17, 15) is 4.79 Å². The van der Waals surface area contributed by atoms with Crippen molar-refractivity contribution in [2.24, 2.45) is 0 Å². The van der Waals surface area contributed by atoms with Crippen LogP contribution in [0.3, 0.4) is 0 Å². The van der Waals surface area contributed by atoms with Crippen molar-refractivity contribution in [2.75, 3.05) is 37.4 Å². The van der Waals surface area contributed by atoms with Crippen LogP contribution in [0, 0.1) is 0 Å². The van der Waals surface area contributed by atoms with Crippen LogP contribution in [0.4, 0.5) is 10.7 Å². The van der Waals surface area contributed by atoms with Gasteiger partial charge >= 0.3 is 0 Å². The number of likely N-dealkylation sites (tertiary alicyclic amines) is 1. The molecule has 4 N–H and O–H groups in total. The molecule has 5 nitrogen and oxygen atoms in total. The van der Waals surface area contributed by atoms with Gasteiger partial charge in [0.25, 0.3) is 5.91 Å². The predicted octanol–water partition coefficient (Wildman–Crippen LogP) is 2.06. The molecule has 1 aliphatic carbocycles. The maximum Gasteiger partial charge on any atom is 0.263 e. The van der Waals surface area contributed by atoms with Crippen LogP contribution in [0.25, 0.3) is 0 Å². The molecule has 3 rings (SSSR count). The van der Waals surface area contributed by atoms with E-state index in [0.717, 1.165) is 42.2 Å². The number of thioether (sulfide) groups is 1. The summed E-state index contributed by atoms with van der Waals surface area (Å²) in [6.45, 7) is 2.15. The van der Waals surface area contributed by atoms with Crippen LogP contribution in [0.15, 0.2) is 4.90 Å². The SMILES string of the molecule is CSc1c(NC2CCN(C)C2)sc(C(=O)NC2CC2)c1N. The molecular formula is C14H22N4OS2. The minimum absolute atomic E-state index is 0.0214. The Kier molecular flexibility index (Phi) is 4.33. The van der Waals surface area contributed by atoms with Crippen LogP contribution in [0.5, 0.6) is 0 Å². The van der Waals surface area contributed by atoms with Gasteiger partial charge in [0.15, 0.2) is 0 Å². The third kappa shape index (κ3) is 3.30. The number of hydrogen-bond donors (Lipinski definition) is 3. The van der Waals surface area contributed by atoms with Crippen molar-refractivity contribution in [2.45, 2.75) is 36.2 Å². The molecule has 0 aromatic carbocycles. The van der Waals surface area contributed by atoms with Crippen LogP contribution < -0.4 is 16.4 Å². The first-order valence-corrected chi connectivity index (χ1v) is 9.34. The lowest BCUT2D eigenvalue weighted by Crippen LogP contribution is -2.25. The second kappa shape index (κ2) is 6.06. The molecule has 7 heteroatoms. The average molecular weight is 326 g/mol. The van der Waals surface area contributed by atoms with Gasteiger partial charge in [-0.3, -0.25) is 4.79 Å². The average Bonchev–Trinajstić information content (AvgIpc) is 3.07. The maximum atomic E-state index is 12.3. The molecule has 0 bridgehead atoms. The number of amides is 1. The molecule has 1 unspecified atom stereocenters. The van der Waals surface area contributed by atoms with Gasteiger partial charge in [-0.05, 0) is 39.1 Å². The number of hydrogen-bond acceptors (Lipinski definition) is 6. The fraction of sp³-hybridized carbons (Fsp3) is 0.643. The van der Waals surface area contributed by atoms with Crippen molar-refractivity contribution in [3.05, 3.63) is 4.88 Å². The highest BCUT2D eigenvalue weighted by molar-refractivity contribution is 7.99. The van der Waals surface area contributed by atoms with Gasteiger partial charge in [-0.2, -0.15) is 0 Å². The second-order valence-electron chi connectivity index (χ2n) is 5.85. The summed E-state index contributed by atoms with van der Waals surface area (Å²) in [5, 5.41) is 7.64. The third-order valence-electron chi connectivity index (χ3n) is 3.95. The molecule has 2 aliphatic rings. The van der Waals surface area contributed by atoms with Crippen LogP contribution in [0.1, 0.15) is 28.9 Å². The fourth-order valence-corrected chi connectivity index (χ4v) is 4.61. The van der Waals surface area contributed by atoms with E-state index in [4.69, 9.17) is 5.73 Å². The van der Waals surface area contributed by atoms with Gasteiger partial charge in [0.1, 0.15) is 9.88 Å². The number of nitrogens with two attached hydrogens (primary N) is 1. The summed E-state index contributed by atoms with van der Waals surface area (Å²) in [6, 6.07) is 0.801. The molecule has 2 heterocycles. The molecule has 2 fully saturated rings. The minimum atomic E-state index is -0.0214. The zero-order valence-electron chi connectivity index (χ0n) is 12.4. The molecule has 116 valence electrons. The molecule has 0 spiro atoms. The normalized spacial score (nSPS) is 22.5. The van der Waals surface area contributed by atoms with Gasteiger partial charge in [-0.1, -0.05) is 0 Å². The molecule has 1 aliphatic heterocycles. The summed E-state index contributed by atoms with van der Waals surface area (Å²) in [5.41, 5.74) is 6.82. The zero-order valence-corrected chi connectivity index (χ0v) is 14.1. The van der Waals surface area contributed by atoms with E-state index in [-0.39, 0.29) is 5.91 Å². The third-order valence-corrected chi connectivity index (χ3v) is 6.05. The lowest BCUT2D eigenvalue weighted by Gasteiger charge is -2.13. The quantitative estimate of drug-likeness (QED) is 0.723. The number of nitrogens with zero attached hydrogens (tertiary/aromatic N) is 1. The number of likely N-dealkylation sites (N-methyl/N-ethyl adjacent to an activating group) is 1. The van der Waals surface area contributed by atoms with E-state index < -0.39 is 0 Å². The Balaban J connectivity index is 1.77. The summed E-state index contributed by atoms with van der Waals surface area (Å²) in [7, 11) is 2.13. The van der Waals surface area contributed by atoms with Crippen LogP contribution in [0.2, 0.25) is 0 Å². The molecular weight excluding hydrogens is 304 g/mol. The van der Waals surface area contributed by atoms with E-state index >= 15 is 0 Å². The molecule has 1 aromatic rings. The first kappa shape index (κ1) is 15.0. The molecule has 1 saturated carbocycles. The number of nitrogens with one attached hydrogen (secondary N) is 2. The van der Waals surface area contributed by atoms with Crippen LogP contribution >= 0.6 is 23.1 Å². The van der Waals surface area contributed by atoms with Crippen LogP contribution in [-0.4, -0.2) is 49.3 Å². The first-order chi connectivity index (χ1) is 10.1. The highest BCUT2D eigenvalue weighted by Crippen LogP contribution is 2.42. The Morgan fingerprint density at radius 1 is 1.38 bits per heavy atom. The Morgan fingerprint density at radius 3 is 2.71 bits per heavy atom. The van der Waals surface area contributed by atoms with E-state index in [1.165, 1.54) is 11.3 Å². The van der Waals surface area contributed by atoms with Crippen molar-refractivity contribution in [1.29, 1.82) is 0 Å². The molecule has 1 aromatic heterocycles. The van der Waals surface area contributed by atoms with Crippen molar-refractivity contribution in [3.63, 3.8) is 0 Å². The van der Waals surface area contributed by atoms with E-state index in [1.54, 1.807) is 11.8 Å². The van der Waals surface area contributed by atoms with Crippen molar-refractivity contribution in [1.82, 2.24) is 10.2 Å². The molecule has 1 atom stereocenters. The number of thiophene rings is 1. The maximum absolute atomic E-state index is 12.3. The highest BCUT2D eigenvalue weighted by Gasteiger charge is 2.28. The minimum Gasteiger partial charge on any atom is -0.396 e. The number of nitrogen functional groups attached to an aromatic ring is 1. The number of carbonyl (C=O) groups is 1. The summed E-state index contributed by atoms with van der Waals surface area (Å²) >= 11 is 3.10. The molecule has 1 saturated heterocycles. The summed E-state index contributed by atoms with van der Waals surface area (Å²) in [5.74, 6) is -0.0214. The van der Waals surface area contributed by atoms with Gasteiger partial charge in [0.05, 0.1) is 10.6 Å². The van der Waals surface area contributed by atoms with Gasteiger partial charge in [0.2, 0.25) is 0 Å². The van der Waals surface area contributed by atoms with Gasteiger partial charge in [0, 0.05) is 18.6 Å². The van der Waals surface area contributed by atoms with E-state index in [0.29, 0.717) is 22.6 Å². The Morgan fingerprint density at radius 2 is 2.14 bits per heavy atom. The standard InChI is InChI=1S/C14H22N4OS2/c1-18-6-5-9(7-18)17-14-12(20-2)10(15)11(21-14)13(19)16-8-3-4-8/h8-9,17H,3-7,15H2,1-2H3,(H,16,19). The van der Waals surface area contributed by atoms with Crippen molar-refractivity contribution >= 4 is 39.7 Å². The van der Waals surface area contributed by atoms with Gasteiger partial charge in [-0.15, -0.1) is 23.1 Å². The Hall–Kier alpha value is -0.920. The van der Waals surface area contributed by atoms with Gasteiger partial charge < -0.3 is 21.3 Å². The lowest BCUT2D eigenvalue weighted by molar-refractivity contribution is 0.0956. The van der Waals surface area contributed by atoms with E-state index in [2.05, 4.69) is 22.6 Å². The second-order valence-corrected chi connectivity index (χ2v) is 7.68. The topological polar surface area (TPSA) is 70.4 Å². The number of rotatable bonds is 5. The summed E-state index contributed by atoms with van der Waals surface area (Å²) in [6.07, 6.45) is 5.32. The molecule has 0 radical (unpaired) electrons. The van der Waals surface area contributed by atoms with E-state index in [1.807, 2.05) is 6.26 Å². The monoisotopic (exact) mass is 326 g/mol. The zero-order chi connectivity index (χ0) is 15.0. The summed E-state index contributed by atoms with van der Waals surface area (Å²) in [4.78, 5) is 16.2. The van der Waals surface area contributed by atoms with Crippen LogP contribution in [-0.2, 0) is 0 Å². The fourth-order valence-electron chi connectivity index (χ4n) is 2.61. The Bertz CT molecular complexity index is 541. The first-order valence-electron chi connectivity index (χ1n) is 7.30. The highest BCUT2D eigenvalue weighted by atomic mass is 32.2. The number of carbonyl (C=O) groups excluding carboxylic acids is 1. The summed E-state index contributed by atoms with van der Waals surface area (Å²) < 4.78 is 0. The molecule has 21 heavy (non-hydrogen) atoms. The lowest BCUT2D eigenvalue weighted by atomic mass is 10.2. The molecule has 1 amide bonds. The van der Waals surface area contributed by atoms with Crippen molar-refractivity contribution in [3.8, 4) is 0 Å². The predicted molar refractivity (Wildman–Crippen MR) is 90.5 cm³/mol. The Labute approximate surface area is 133 Å².